The van der Waals surface area contributed by atoms with E-state index in [-0.39, 0.29) is 0 Å². The Morgan fingerprint density at radius 3 is 1.56 bits per heavy atom. The van der Waals surface area contributed by atoms with Gasteiger partial charge in [0.05, 0.1) is 19.0 Å². The van der Waals surface area contributed by atoms with Crippen LogP contribution in [0.15, 0.2) is 36.7 Å². The van der Waals surface area contributed by atoms with E-state index in [1.807, 2.05) is 12.4 Å². The quantitative estimate of drug-likeness (QED) is 0.172. The summed E-state index contributed by atoms with van der Waals surface area (Å²) >= 11 is 0. The molecule has 0 aliphatic rings. The molecule has 0 aliphatic heterocycles. The molecule has 0 aliphatic carbocycles. The molecule has 0 bridgehead atoms. The lowest BCUT2D eigenvalue weighted by Gasteiger charge is -2.07. The second kappa shape index (κ2) is 19.4. The average Bonchev–Trinajstić information content (AvgIpc) is 2.87. The molecule has 3 heteroatoms. The topological polar surface area (TPSA) is 35.0 Å². The first-order valence-electron chi connectivity index (χ1n) is 14.4. The predicted molar refractivity (Wildman–Crippen MR) is 147 cm³/mol. The Labute approximate surface area is 210 Å². The van der Waals surface area contributed by atoms with E-state index < -0.39 is 0 Å². The van der Waals surface area contributed by atoms with Crippen LogP contribution < -0.4 is 4.74 Å². The van der Waals surface area contributed by atoms with Gasteiger partial charge in [-0.15, -0.1) is 0 Å². The Hall–Kier alpha value is -1.90. The molecule has 0 fully saturated rings. The summed E-state index contributed by atoms with van der Waals surface area (Å²) in [4.78, 5) is 9.04. The maximum atomic E-state index is 5.86. The molecule has 0 N–H and O–H groups in total. The van der Waals surface area contributed by atoms with Crippen molar-refractivity contribution in [2.45, 2.75) is 129 Å². The van der Waals surface area contributed by atoms with Crippen LogP contribution in [0.25, 0.3) is 11.4 Å². The third-order valence-electron chi connectivity index (χ3n) is 6.68. The van der Waals surface area contributed by atoms with E-state index in [9.17, 15) is 0 Å². The standard InChI is InChI=1S/C31H50N2O/c1-3-5-7-9-10-11-12-13-14-15-17-19-25-34-30-26-32-31(33-27-30)29-23-21-28(22-24-29)20-18-16-8-6-4-2/h21-24,26-27H,3-20,25H2,1-2H3. The molecule has 0 radical (unpaired) electrons. The third-order valence-corrected chi connectivity index (χ3v) is 6.68. The molecule has 0 saturated heterocycles. The Kier molecular flexibility index (Phi) is 16.2. The van der Waals surface area contributed by atoms with Gasteiger partial charge >= 0.3 is 0 Å². The molecule has 1 aromatic heterocycles. The minimum atomic E-state index is 0.757. The first-order valence-corrected chi connectivity index (χ1v) is 14.4. The van der Waals surface area contributed by atoms with E-state index in [0.29, 0.717) is 0 Å². The first kappa shape index (κ1) is 28.3. The lowest BCUT2D eigenvalue weighted by Crippen LogP contribution is -1.99. The molecule has 2 rings (SSSR count). The highest BCUT2D eigenvalue weighted by Gasteiger charge is 2.03. The van der Waals surface area contributed by atoms with E-state index in [4.69, 9.17) is 4.74 Å². The zero-order chi connectivity index (χ0) is 24.1. The smallest absolute Gasteiger partial charge is 0.159 e. The molecule has 2 aromatic rings. The van der Waals surface area contributed by atoms with Crippen molar-refractivity contribution in [1.82, 2.24) is 9.97 Å². The van der Waals surface area contributed by atoms with Crippen molar-refractivity contribution in [3.8, 4) is 17.1 Å². The van der Waals surface area contributed by atoms with Gasteiger partial charge in [-0.3, -0.25) is 0 Å². The molecule has 0 atom stereocenters. The fourth-order valence-corrected chi connectivity index (χ4v) is 4.43. The number of rotatable bonds is 21. The normalized spacial score (nSPS) is 11.1. The monoisotopic (exact) mass is 466 g/mol. The molecule has 0 saturated carbocycles. The van der Waals surface area contributed by atoms with E-state index in [1.54, 1.807) is 0 Å². The van der Waals surface area contributed by atoms with E-state index in [2.05, 4.69) is 48.1 Å². The minimum Gasteiger partial charge on any atom is -0.490 e. The maximum absolute atomic E-state index is 5.86. The number of nitrogens with zero attached hydrogens (tertiary/aromatic N) is 2. The maximum Gasteiger partial charge on any atom is 0.159 e. The van der Waals surface area contributed by atoms with Crippen LogP contribution in [0.1, 0.15) is 129 Å². The van der Waals surface area contributed by atoms with Crippen molar-refractivity contribution in [2.24, 2.45) is 0 Å². The Morgan fingerprint density at radius 1 is 0.559 bits per heavy atom. The van der Waals surface area contributed by atoms with Gasteiger partial charge in [-0.25, -0.2) is 9.97 Å². The Balaban J connectivity index is 1.52. The Morgan fingerprint density at radius 2 is 1.03 bits per heavy atom. The summed E-state index contributed by atoms with van der Waals surface area (Å²) in [7, 11) is 0. The van der Waals surface area contributed by atoms with Crippen LogP contribution in [-0.4, -0.2) is 16.6 Å². The van der Waals surface area contributed by atoms with Crippen LogP contribution in [-0.2, 0) is 6.42 Å². The lowest BCUT2D eigenvalue weighted by atomic mass is 10.0. The van der Waals surface area contributed by atoms with Crippen LogP contribution in [0.3, 0.4) is 0 Å². The van der Waals surface area contributed by atoms with E-state index in [0.717, 1.165) is 36.6 Å². The van der Waals surface area contributed by atoms with Crippen molar-refractivity contribution in [3.63, 3.8) is 0 Å². The lowest BCUT2D eigenvalue weighted by molar-refractivity contribution is 0.302. The van der Waals surface area contributed by atoms with E-state index >= 15 is 0 Å². The third kappa shape index (κ3) is 13.1. The van der Waals surface area contributed by atoms with Crippen LogP contribution >= 0.6 is 0 Å². The van der Waals surface area contributed by atoms with Gasteiger partial charge in [0.1, 0.15) is 0 Å². The molecule has 3 nitrogen and oxygen atoms in total. The molecule has 0 amide bonds. The largest absolute Gasteiger partial charge is 0.490 e. The number of hydrogen-bond donors (Lipinski definition) is 0. The molecule has 0 unspecified atom stereocenters. The molecule has 34 heavy (non-hydrogen) atoms. The van der Waals surface area contributed by atoms with Crippen molar-refractivity contribution in [3.05, 3.63) is 42.2 Å². The highest BCUT2D eigenvalue weighted by molar-refractivity contribution is 5.55. The van der Waals surface area contributed by atoms with Gasteiger partial charge in [-0.2, -0.15) is 0 Å². The molecular weight excluding hydrogens is 416 g/mol. The molecule has 0 spiro atoms. The van der Waals surface area contributed by atoms with Gasteiger partial charge in [0.25, 0.3) is 0 Å². The van der Waals surface area contributed by atoms with Crippen LogP contribution in [0, 0.1) is 0 Å². The van der Waals surface area contributed by atoms with Gasteiger partial charge in [0, 0.05) is 5.56 Å². The zero-order valence-electron chi connectivity index (χ0n) is 22.2. The van der Waals surface area contributed by atoms with Crippen LogP contribution in [0.2, 0.25) is 0 Å². The predicted octanol–water partition coefficient (Wildman–Crippen LogP) is 9.74. The average molecular weight is 467 g/mol. The summed E-state index contributed by atoms with van der Waals surface area (Å²) in [5.74, 6) is 1.54. The molecule has 1 heterocycles. The fraction of sp³-hybridized carbons (Fsp3) is 0.677. The second-order valence-electron chi connectivity index (χ2n) is 9.84. The minimum absolute atomic E-state index is 0.757. The van der Waals surface area contributed by atoms with Gasteiger partial charge in [-0.1, -0.05) is 134 Å². The summed E-state index contributed by atoms with van der Waals surface area (Å²) in [6.45, 7) is 5.30. The number of aromatic nitrogens is 2. The number of ether oxygens (including phenoxy) is 1. The Bertz CT molecular complexity index is 711. The molecule has 1 aromatic carbocycles. The SMILES string of the molecule is CCCCCCCCCCCCCCOc1cnc(-c2ccc(CCCCCCC)cc2)nc1. The van der Waals surface area contributed by atoms with Gasteiger partial charge in [-0.05, 0) is 24.8 Å². The number of unbranched alkanes of at least 4 members (excludes halogenated alkanes) is 15. The summed E-state index contributed by atoms with van der Waals surface area (Å²) in [6.07, 6.45) is 27.7. The summed E-state index contributed by atoms with van der Waals surface area (Å²) in [6, 6.07) is 8.72. The van der Waals surface area contributed by atoms with Gasteiger partial charge in [0.15, 0.2) is 11.6 Å². The summed E-state index contributed by atoms with van der Waals surface area (Å²) in [5, 5.41) is 0. The van der Waals surface area contributed by atoms with Crippen LogP contribution in [0.5, 0.6) is 5.75 Å². The van der Waals surface area contributed by atoms with Crippen LogP contribution in [0.4, 0.5) is 0 Å². The van der Waals surface area contributed by atoms with Crippen molar-refractivity contribution >= 4 is 0 Å². The molecule has 190 valence electrons. The number of benzene rings is 1. The van der Waals surface area contributed by atoms with Gasteiger partial charge in [0.2, 0.25) is 0 Å². The van der Waals surface area contributed by atoms with Gasteiger partial charge < -0.3 is 4.74 Å². The van der Waals surface area contributed by atoms with Crippen molar-refractivity contribution in [1.29, 1.82) is 0 Å². The van der Waals surface area contributed by atoms with Crippen molar-refractivity contribution < 1.29 is 4.74 Å². The highest BCUT2D eigenvalue weighted by atomic mass is 16.5. The van der Waals surface area contributed by atoms with Crippen molar-refractivity contribution in [2.75, 3.05) is 6.61 Å². The second-order valence-corrected chi connectivity index (χ2v) is 9.84. The first-order chi connectivity index (χ1) is 16.8. The summed E-state index contributed by atoms with van der Waals surface area (Å²) in [5.41, 5.74) is 2.48. The fourth-order valence-electron chi connectivity index (χ4n) is 4.43. The number of hydrogen-bond acceptors (Lipinski definition) is 3. The number of aryl methyl sites for hydroxylation is 1. The zero-order valence-corrected chi connectivity index (χ0v) is 22.2. The van der Waals surface area contributed by atoms with E-state index in [1.165, 1.54) is 108 Å². The highest BCUT2D eigenvalue weighted by Crippen LogP contribution is 2.19. The molecular formula is C31H50N2O. The summed E-state index contributed by atoms with van der Waals surface area (Å²) < 4.78 is 5.86.